The lowest BCUT2D eigenvalue weighted by molar-refractivity contribution is -0.133. The van der Waals surface area contributed by atoms with E-state index < -0.39 is 24.3 Å². The number of hydrogen-bond donors (Lipinski definition) is 0. The molecule has 0 saturated heterocycles. The van der Waals surface area contributed by atoms with E-state index >= 15 is 0 Å². The Balaban J connectivity index is 1.50. The Kier molecular flexibility index (Phi) is 6.74. The van der Waals surface area contributed by atoms with Gasteiger partial charge in [0.1, 0.15) is 0 Å². The minimum atomic E-state index is -0.744. The Hall–Kier alpha value is -3.75. The van der Waals surface area contributed by atoms with Gasteiger partial charge >= 0.3 is 5.97 Å². The summed E-state index contributed by atoms with van der Waals surface area (Å²) in [5.41, 5.74) is 1.60. The van der Waals surface area contributed by atoms with E-state index in [9.17, 15) is 14.0 Å². The fourth-order valence-corrected chi connectivity index (χ4v) is 2.72. The highest BCUT2D eigenvalue weighted by Gasteiger charge is 2.17. The average molecular weight is 412 g/mol. The van der Waals surface area contributed by atoms with E-state index in [0.717, 1.165) is 5.56 Å². The molecule has 156 valence electrons. The molecule has 0 aliphatic heterocycles. The van der Waals surface area contributed by atoms with Crippen LogP contribution in [0.4, 0.5) is 4.39 Å². The van der Waals surface area contributed by atoms with Gasteiger partial charge in [0.05, 0.1) is 19.9 Å². The first-order chi connectivity index (χ1) is 14.5. The van der Waals surface area contributed by atoms with Crippen LogP contribution in [-0.2, 0) is 22.6 Å². The highest BCUT2D eigenvalue weighted by atomic mass is 19.1. The molecule has 1 aromatic heterocycles. The van der Waals surface area contributed by atoms with Gasteiger partial charge in [-0.3, -0.25) is 4.79 Å². The molecule has 0 aliphatic carbocycles. The molecular formula is C21H21FN4O4. The SMILES string of the molecule is COc1ccc(CN(C)C(=O)COC(=O)c2cn(Cc3ccccc3)nn2)cc1F. The Morgan fingerprint density at radius 2 is 1.90 bits per heavy atom. The van der Waals surface area contributed by atoms with Crippen molar-refractivity contribution in [1.82, 2.24) is 19.9 Å². The van der Waals surface area contributed by atoms with Crippen LogP contribution < -0.4 is 4.74 Å². The highest BCUT2D eigenvalue weighted by molar-refractivity contribution is 5.89. The summed E-state index contributed by atoms with van der Waals surface area (Å²) in [5, 5.41) is 7.69. The maximum atomic E-state index is 13.8. The third kappa shape index (κ3) is 5.40. The molecule has 0 bridgehead atoms. The number of aromatic nitrogens is 3. The molecule has 2 aromatic carbocycles. The van der Waals surface area contributed by atoms with Crippen LogP contribution in [-0.4, -0.2) is 52.5 Å². The standard InChI is InChI=1S/C21H21FN4O4/c1-25(11-16-8-9-19(29-2)17(22)10-16)20(27)14-30-21(28)18-13-26(24-23-18)12-15-6-4-3-5-7-15/h3-10,13H,11-12,14H2,1-2H3. The van der Waals surface area contributed by atoms with Gasteiger partial charge in [0, 0.05) is 13.6 Å². The van der Waals surface area contributed by atoms with Crippen molar-refractivity contribution in [3.8, 4) is 5.75 Å². The minimum Gasteiger partial charge on any atom is -0.494 e. The smallest absolute Gasteiger partial charge is 0.361 e. The second kappa shape index (κ2) is 9.64. The fourth-order valence-electron chi connectivity index (χ4n) is 2.72. The van der Waals surface area contributed by atoms with Crippen LogP contribution in [0.1, 0.15) is 21.6 Å². The quantitative estimate of drug-likeness (QED) is 0.528. The van der Waals surface area contributed by atoms with E-state index in [1.54, 1.807) is 6.07 Å². The van der Waals surface area contributed by atoms with Gasteiger partial charge in [-0.2, -0.15) is 0 Å². The molecule has 9 heteroatoms. The topological polar surface area (TPSA) is 86.5 Å². The van der Waals surface area contributed by atoms with E-state index in [1.165, 1.54) is 42.1 Å². The normalized spacial score (nSPS) is 10.5. The molecule has 0 radical (unpaired) electrons. The van der Waals surface area contributed by atoms with Crippen molar-refractivity contribution in [3.63, 3.8) is 0 Å². The summed E-state index contributed by atoms with van der Waals surface area (Å²) >= 11 is 0. The van der Waals surface area contributed by atoms with E-state index in [2.05, 4.69) is 10.3 Å². The number of amides is 1. The summed E-state index contributed by atoms with van der Waals surface area (Å²) in [4.78, 5) is 25.7. The molecule has 3 rings (SSSR count). The molecule has 1 amide bonds. The molecule has 0 N–H and O–H groups in total. The summed E-state index contributed by atoms with van der Waals surface area (Å²) in [7, 11) is 2.91. The summed E-state index contributed by atoms with van der Waals surface area (Å²) in [6, 6.07) is 14.0. The predicted octanol–water partition coefficient (Wildman–Crippen LogP) is 2.29. The van der Waals surface area contributed by atoms with Gasteiger partial charge < -0.3 is 14.4 Å². The Morgan fingerprint density at radius 3 is 2.60 bits per heavy atom. The van der Waals surface area contributed by atoms with Crippen LogP contribution in [0.5, 0.6) is 5.75 Å². The Bertz CT molecular complexity index is 1020. The fraction of sp³-hybridized carbons (Fsp3) is 0.238. The molecule has 0 unspecified atom stereocenters. The van der Waals surface area contributed by atoms with Gasteiger partial charge in [-0.1, -0.05) is 41.6 Å². The maximum absolute atomic E-state index is 13.8. The van der Waals surface area contributed by atoms with Crippen LogP contribution >= 0.6 is 0 Å². The van der Waals surface area contributed by atoms with Crippen LogP contribution in [0.3, 0.4) is 0 Å². The van der Waals surface area contributed by atoms with Crippen molar-refractivity contribution < 1.29 is 23.5 Å². The first-order valence-electron chi connectivity index (χ1n) is 9.14. The monoisotopic (exact) mass is 412 g/mol. The van der Waals surface area contributed by atoms with Crippen molar-refractivity contribution in [2.24, 2.45) is 0 Å². The third-order valence-corrected chi connectivity index (χ3v) is 4.32. The summed E-state index contributed by atoms with van der Waals surface area (Å²) < 4.78 is 25.2. The zero-order valence-corrected chi connectivity index (χ0v) is 16.6. The molecule has 0 spiro atoms. The largest absolute Gasteiger partial charge is 0.494 e. The molecule has 30 heavy (non-hydrogen) atoms. The maximum Gasteiger partial charge on any atom is 0.361 e. The lowest BCUT2D eigenvalue weighted by Crippen LogP contribution is -2.30. The summed E-state index contributed by atoms with van der Waals surface area (Å²) in [6.07, 6.45) is 1.46. The highest BCUT2D eigenvalue weighted by Crippen LogP contribution is 2.18. The summed E-state index contributed by atoms with van der Waals surface area (Å²) in [6.45, 7) is 0.158. The second-order valence-electron chi connectivity index (χ2n) is 6.58. The molecule has 0 aliphatic rings. The molecule has 0 atom stereocenters. The lowest BCUT2D eigenvalue weighted by atomic mass is 10.2. The molecule has 0 fully saturated rings. The second-order valence-corrected chi connectivity index (χ2v) is 6.58. The third-order valence-electron chi connectivity index (χ3n) is 4.32. The van der Waals surface area contributed by atoms with Crippen LogP contribution in [0, 0.1) is 5.82 Å². The number of rotatable bonds is 8. The number of esters is 1. The van der Waals surface area contributed by atoms with Crippen molar-refractivity contribution in [2.45, 2.75) is 13.1 Å². The van der Waals surface area contributed by atoms with E-state index in [0.29, 0.717) is 12.1 Å². The molecule has 0 saturated carbocycles. The number of halogens is 1. The van der Waals surface area contributed by atoms with Gasteiger partial charge in [-0.25, -0.2) is 13.9 Å². The number of methoxy groups -OCH3 is 1. The first-order valence-corrected chi connectivity index (χ1v) is 9.14. The minimum absolute atomic E-state index is 0.0126. The van der Waals surface area contributed by atoms with Gasteiger partial charge in [0.15, 0.2) is 23.9 Å². The van der Waals surface area contributed by atoms with Crippen molar-refractivity contribution in [1.29, 1.82) is 0 Å². The Labute approximate surface area is 172 Å². The van der Waals surface area contributed by atoms with Gasteiger partial charge in [-0.05, 0) is 23.3 Å². The zero-order chi connectivity index (χ0) is 21.5. The predicted molar refractivity (Wildman–Crippen MR) is 105 cm³/mol. The number of likely N-dealkylation sites (N-methyl/N-ethyl adjacent to an activating group) is 1. The van der Waals surface area contributed by atoms with E-state index in [4.69, 9.17) is 9.47 Å². The van der Waals surface area contributed by atoms with Gasteiger partial charge in [0.25, 0.3) is 5.91 Å². The molecule has 8 nitrogen and oxygen atoms in total. The van der Waals surface area contributed by atoms with Crippen molar-refractivity contribution in [2.75, 3.05) is 20.8 Å². The molecule has 3 aromatic rings. The van der Waals surface area contributed by atoms with Gasteiger partial charge in [-0.15, -0.1) is 5.10 Å². The number of carbonyl (C=O) groups is 2. The van der Waals surface area contributed by atoms with Gasteiger partial charge in [0.2, 0.25) is 0 Å². The zero-order valence-electron chi connectivity index (χ0n) is 16.6. The van der Waals surface area contributed by atoms with Crippen molar-refractivity contribution >= 4 is 11.9 Å². The molecule has 1 heterocycles. The van der Waals surface area contributed by atoms with Crippen LogP contribution in [0.15, 0.2) is 54.7 Å². The first kappa shape index (κ1) is 21.0. The summed E-state index contributed by atoms with van der Waals surface area (Å²) in [5.74, 6) is -1.56. The number of ether oxygens (including phenoxy) is 2. The average Bonchev–Trinajstić information content (AvgIpc) is 3.21. The van der Waals surface area contributed by atoms with Crippen LogP contribution in [0.25, 0.3) is 0 Å². The molecular weight excluding hydrogens is 391 g/mol. The van der Waals surface area contributed by atoms with Crippen molar-refractivity contribution in [3.05, 3.63) is 77.4 Å². The number of carbonyl (C=O) groups excluding carboxylic acids is 2. The van der Waals surface area contributed by atoms with Crippen LogP contribution in [0.2, 0.25) is 0 Å². The number of benzene rings is 2. The lowest BCUT2D eigenvalue weighted by Gasteiger charge is -2.17. The van der Waals surface area contributed by atoms with E-state index in [1.807, 2.05) is 30.3 Å². The Morgan fingerprint density at radius 1 is 1.13 bits per heavy atom. The van der Waals surface area contributed by atoms with E-state index in [-0.39, 0.29) is 18.0 Å². The number of nitrogens with zero attached hydrogens (tertiary/aromatic N) is 4. The number of hydrogen-bond acceptors (Lipinski definition) is 6.